The van der Waals surface area contributed by atoms with Gasteiger partial charge in [0, 0.05) is 5.69 Å². The van der Waals surface area contributed by atoms with Crippen molar-refractivity contribution in [2.45, 2.75) is 26.7 Å². The molecule has 0 bridgehead atoms. The second-order valence-corrected chi connectivity index (χ2v) is 5.98. The van der Waals surface area contributed by atoms with Crippen molar-refractivity contribution < 1.29 is 4.79 Å². The predicted octanol–water partition coefficient (Wildman–Crippen LogP) is 4.82. The Bertz CT molecular complexity index is 668. The average molecular weight is 317 g/mol. The van der Waals surface area contributed by atoms with Gasteiger partial charge in [-0.3, -0.25) is 4.79 Å². The van der Waals surface area contributed by atoms with Crippen LogP contribution >= 0.6 is 11.6 Å². The predicted molar refractivity (Wildman–Crippen MR) is 93.8 cm³/mol. The molecule has 2 rings (SSSR count). The number of hydrogen-bond acceptors (Lipinski definition) is 2. The molecule has 2 N–H and O–H groups in total. The lowest BCUT2D eigenvalue weighted by molar-refractivity contribution is -0.114. The number of amides is 1. The Morgan fingerprint density at radius 3 is 2.55 bits per heavy atom. The molecule has 116 valence electrons. The Hall–Kier alpha value is -2.00. The molecule has 4 heteroatoms. The number of para-hydroxylation sites is 2. The number of anilines is 2. The second kappa shape index (κ2) is 7.32. The lowest BCUT2D eigenvalue weighted by Crippen LogP contribution is -2.22. The van der Waals surface area contributed by atoms with Gasteiger partial charge >= 0.3 is 0 Å². The molecule has 0 aromatic heterocycles. The van der Waals surface area contributed by atoms with E-state index in [1.807, 2.05) is 31.2 Å². The summed E-state index contributed by atoms with van der Waals surface area (Å²) in [6.07, 6.45) is 0. The van der Waals surface area contributed by atoms with Gasteiger partial charge in [0.25, 0.3) is 0 Å². The normalized spacial score (nSPS) is 10.6. The molecule has 3 nitrogen and oxygen atoms in total. The maximum absolute atomic E-state index is 12.1. The van der Waals surface area contributed by atoms with Gasteiger partial charge in [0.1, 0.15) is 0 Å². The topological polar surface area (TPSA) is 41.1 Å². The molecule has 0 heterocycles. The van der Waals surface area contributed by atoms with E-state index in [2.05, 4.69) is 30.5 Å². The molecule has 0 saturated carbocycles. The quantitative estimate of drug-likeness (QED) is 0.830. The molecule has 0 saturated heterocycles. The largest absolute Gasteiger partial charge is 0.376 e. The molecule has 0 spiro atoms. The number of nitrogens with one attached hydrogen (secondary N) is 2. The molecule has 2 aromatic carbocycles. The van der Waals surface area contributed by atoms with Gasteiger partial charge in [0.05, 0.1) is 17.3 Å². The second-order valence-electron chi connectivity index (χ2n) is 5.58. The number of aryl methyl sites for hydroxylation is 1. The minimum atomic E-state index is -0.119. The maximum atomic E-state index is 12.1. The van der Waals surface area contributed by atoms with Crippen molar-refractivity contribution in [2.24, 2.45) is 0 Å². The first-order valence-corrected chi connectivity index (χ1v) is 7.74. The summed E-state index contributed by atoms with van der Waals surface area (Å²) >= 11 is 6.04. The first-order valence-electron chi connectivity index (χ1n) is 7.36. The molecule has 0 aliphatic carbocycles. The van der Waals surface area contributed by atoms with Crippen molar-refractivity contribution >= 4 is 28.9 Å². The highest BCUT2D eigenvalue weighted by atomic mass is 35.5. The highest BCUT2D eigenvalue weighted by molar-refractivity contribution is 6.33. The molecule has 0 fully saturated rings. The molecular weight excluding hydrogens is 296 g/mol. The summed E-state index contributed by atoms with van der Waals surface area (Å²) in [5, 5.41) is 6.60. The number of rotatable bonds is 5. The number of hydrogen-bond donors (Lipinski definition) is 2. The van der Waals surface area contributed by atoms with E-state index in [1.165, 1.54) is 5.56 Å². The van der Waals surface area contributed by atoms with Crippen molar-refractivity contribution in [3.8, 4) is 0 Å². The summed E-state index contributed by atoms with van der Waals surface area (Å²) in [5.41, 5.74) is 4.01. The van der Waals surface area contributed by atoms with E-state index in [0.717, 1.165) is 11.3 Å². The van der Waals surface area contributed by atoms with Crippen LogP contribution in [0.2, 0.25) is 5.02 Å². The molecule has 1 amide bonds. The Labute approximate surface area is 136 Å². The number of carbonyl (C=O) groups is 1. The zero-order valence-corrected chi connectivity index (χ0v) is 13.9. The Balaban J connectivity index is 2.04. The average Bonchev–Trinajstić information content (AvgIpc) is 2.48. The molecule has 0 aliphatic heterocycles. The van der Waals surface area contributed by atoms with Crippen LogP contribution in [-0.4, -0.2) is 12.5 Å². The minimum absolute atomic E-state index is 0.119. The summed E-state index contributed by atoms with van der Waals surface area (Å²) < 4.78 is 0. The third kappa shape index (κ3) is 4.01. The monoisotopic (exact) mass is 316 g/mol. The maximum Gasteiger partial charge on any atom is 0.243 e. The zero-order valence-electron chi connectivity index (χ0n) is 13.1. The van der Waals surface area contributed by atoms with Gasteiger partial charge < -0.3 is 10.6 Å². The van der Waals surface area contributed by atoms with E-state index in [-0.39, 0.29) is 12.5 Å². The van der Waals surface area contributed by atoms with Crippen molar-refractivity contribution in [2.75, 3.05) is 17.2 Å². The van der Waals surface area contributed by atoms with Gasteiger partial charge in [0.15, 0.2) is 0 Å². The minimum Gasteiger partial charge on any atom is -0.376 e. The fourth-order valence-electron chi connectivity index (χ4n) is 2.34. The smallest absolute Gasteiger partial charge is 0.243 e. The van der Waals surface area contributed by atoms with Crippen molar-refractivity contribution in [1.82, 2.24) is 0 Å². The van der Waals surface area contributed by atoms with Gasteiger partial charge in [-0.2, -0.15) is 0 Å². The SMILES string of the molecule is Cc1cccc(C(C)C)c1NCC(=O)Nc1ccccc1Cl. The van der Waals surface area contributed by atoms with Gasteiger partial charge in [0.2, 0.25) is 5.91 Å². The van der Waals surface area contributed by atoms with E-state index in [4.69, 9.17) is 11.6 Å². The summed E-state index contributed by atoms with van der Waals surface area (Å²) in [6, 6.07) is 13.4. The van der Waals surface area contributed by atoms with E-state index in [0.29, 0.717) is 16.6 Å². The number of benzene rings is 2. The van der Waals surface area contributed by atoms with Crippen LogP contribution in [0.3, 0.4) is 0 Å². The van der Waals surface area contributed by atoms with Gasteiger partial charge in [-0.25, -0.2) is 0 Å². The fourth-order valence-corrected chi connectivity index (χ4v) is 2.52. The molecule has 22 heavy (non-hydrogen) atoms. The zero-order chi connectivity index (χ0) is 16.1. The van der Waals surface area contributed by atoms with Crippen LogP contribution in [0.5, 0.6) is 0 Å². The highest BCUT2D eigenvalue weighted by Gasteiger charge is 2.11. The first-order chi connectivity index (χ1) is 10.5. The fraction of sp³-hybridized carbons (Fsp3) is 0.278. The summed E-state index contributed by atoms with van der Waals surface area (Å²) in [4.78, 5) is 12.1. The molecule has 0 aliphatic rings. The lowest BCUT2D eigenvalue weighted by Gasteiger charge is -2.17. The standard InChI is InChI=1S/C18H21ClN2O/c1-12(2)14-8-6-7-13(3)18(14)20-11-17(22)21-16-10-5-4-9-15(16)19/h4-10,12,20H,11H2,1-3H3,(H,21,22). The van der Waals surface area contributed by atoms with Crippen LogP contribution in [0, 0.1) is 6.92 Å². The number of halogens is 1. The number of carbonyl (C=O) groups excluding carboxylic acids is 1. The summed E-state index contributed by atoms with van der Waals surface area (Å²) in [7, 11) is 0. The van der Waals surface area contributed by atoms with Crippen molar-refractivity contribution in [3.05, 3.63) is 58.6 Å². The third-order valence-electron chi connectivity index (χ3n) is 3.50. The summed E-state index contributed by atoms with van der Waals surface area (Å²) in [5.74, 6) is 0.278. The van der Waals surface area contributed by atoms with E-state index in [1.54, 1.807) is 12.1 Å². The van der Waals surface area contributed by atoms with Crippen molar-refractivity contribution in [1.29, 1.82) is 0 Å². The highest BCUT2D eigenvalue weighted by Crippen LogP contribution is 2.27. The molecular formula is C18H21ClN2O. The summed E-state index contributed by atoms with van der Waals surface area (Å²) in [6.45, 7) is 6.53. The van der Waals surface area contributed by atoms with Crippen LogP contribution in [0.4, 0.5) is 11.4 Å². The van der Waals surface area contributed by atoms with Crippen LogP contribution in [0.15, 0.2) is 42.5 Å². The van der Waals surface area contributed by atoms with Crippen LogP contribution in [0.25, 0.3) is 0 Å². The third-order valence-corrected chi connectivity index (χ3v) is 3.83. The van der Waals surface area contributed by atoms with Gasteiger partial charge in [-0.1, -0.05) is 55.8 Å². The van der Waals surface area contributed by atoms with Gasteiger partial charge in [-0.05, 0) is 36.1 Å². The van der Waals surface area contributed by atoms with E-state index >= 15 is 0 Å². The Morgan fingerprint density at radius 1 is 1.14 bits per heavy atom. The van der Waals surface area contributed by atoms with E-state index < -0.39 is 0 Å². The Morgan fingerprint density at radius 2 is 1.86 bits per heavy atom. The molecule has 0 unspecified atom stereocenters. The van der Waals surface area contributed by atoms with Crippen LogP contribution in [0.1, 0.15) is 30.9 Å². The lowest BCUT2D eigenvalue weighted by atomic mass is 9.98. The van der Waals surface area contributed by atoms with E-state index in [9.17, 15) is 4.79 Å². The molecule has 0 radical (unpaired) electrons. The molecule has 0 atom stereocenters. The van der Waals surface area contributed by atoms with Gasteiger partial charge in [-0.15, -0.1) is 0 Å². The first kappa shape index (κ1) is 16.4. The van der Waals surface area contributed by atoms with Crippen LogP contribution < -0.4 is 10.6 Å². The van der Waals surface area contributed by atoms with Crippen molar-refractivity contribution in [3.63, 3.8) is 0 Å². The molecule has 2 aromatic rings. The Kier molecular flexibility index (Phi) is 5.45. The van der Waals surface area contributed by atoms with Crippen LogP contribution in [-0.2, 0) is 4.79 Å².